The van der Waals surface area contributed by atoms with Crippen LogP contribution in [0.5, 0.6) is 0 Å². The molecule has 0 saturated heterocycles. The van der Waals surface area contributed by atoms with Gasteiger partial charge in [0.1, 0.15) is 0 Å². The van der Waals surface area contributed by atoms with Crippen LogP contribution >= 0.6 is 16.1 Å². The molecular weight excluding hydrogens is 651 g/mol. The van der Waals surface area contributed by atoms with Crippen molar-refractivity contribution in [2.45, 2.75) is 40.0 Å². The fraction of sp³-hybridized carbons (Fsp3) is 0.143. The van der Waals surface area contributed by atoms with Gasteiger partial charge in [-0.2, -0.15) is 0 Å². The lowest BCUT2D eigenvalue weighted by molar-refractivity contribution is 1.42. The van der Waals surface area contributed by atoms with Gasteiger partial charge in [-0.25, -0.2) is 0 Å². The Labute approximate surface area is 293 Å². The lowest BCUT2D eigenvalue weighted by Crippen LogP contribution is -2.30. The Hall–Kier alpha value is -3.79. The number of anilines is 2. The highest BCUT2D eigenvalue weighted by atomic mass is 31.1. The molecule has 0 aromatic heterocycles. The van der Waals surface area contributed by atoms with Crippen LogP contribution in [0.15, 0.2) is 146 Å². The first-order valence-electron chi connectivity index (χ1n) is 16.9. The maximum atomic E-state index is 4.28. The van der Waals surface area contributed by atoms with Crippen LogP contribution in [0.4, 0.5) is 11.4 Å². The van der Waals surface area contributed by atoms with E-state index in [-0.39, 0.29) is 0 Å². The van der Waals surface area contributed by atoms with E-state index in [0.29, 0.717) is 0 Å². The van der Waals surface area contributed by atoms with Crippen LogP contribution in [0.1, 0.15) is 11.1 Å². The third-order valence-corrected chi connectivity index (χ3v) is 16.5. The topological polar surface area (TPSA) is 24.1 Å². The minimum absolute atomic E-state index is 0.851. The zero-order valence-corrected chi connectivity index (χ0v) is 33.0. The summed E-state index contributed by atoms with van der Waals surface area (Å²) < 4.78 is 0. The Kier molecular flexibility index (Phi) is 11.1. The molecule has 6 aromatic rings. The zero-order valence-electron chi connectivity index (χ0n) is 28.9. The first kappa shape index (κ1) is 34.1. The number of rotatable bonds is 11. The Balaban J connectivity index is 1.61. The molecule has 0 spiro atoms. The van der Waals surface area contributed by atoms with Crippen molar-refractivity contribution in [2.75, 3.05) is 10.2 Å². The van der Waals surface area contributed by atoms with Crippen molar-refractivity contribution in [3.63, 3.8) is 0 Å². The molecule has 2 N–H and O–H groups in total. The predicted octanol–water partition coefficient (Wildman–Crippen LogP) is 8.28. The van der Waals surface area contributed by atoms with Crippen LogP contribution in [-0.2, 0) is 0 Å². The average molecular weight is 697 g/mol. The normalized spacial score (nSPS) is 11.5. The van der Waals surface area contributed by atoms with Gasteiger partial charge >= 0.3 is 0 Å². The molecule has 0 aliphatic carbocycles. The predicted molar refractivity (Wildman–Crippen MR) is 224 cm³/mol. The van der Waals surface area contributed by atoms with Crippen LogP contribution < -0.4 is 41.8 Å². The summed E-state index contributed by atoms with van der Waals surface area (Å²) >= 11 is 0. The average Bonchev–Trinajstić information content (AvgIpc) is 3.11. The van der Waals surface area contributed by atoms with E-state index in [4.69, 9.17) is 0 Å². The summed E-state index contributed by atoms with van der Waals surface area (Å²) in [6.07, 6.45) is 0. The Morgan fingerprint density at radius 1 is 0.375 bits per heavy atom. The molecule has 0 aliphatic rings. The molecule has 48 heavy (non-hydrogen) atoms. The van der Waals surface area contributed by atoms with Gasteiger partial charge in [0.25, 0.3) is 0 Å². The van der Waals surface area contributed by atoms with Crippen LogP contribution in [0.3, 0.4) is 0 Å². The second kappa shape index (κ2) is 15.6. The summed E-state index contributed by atoms with van der Waals surface area (Å²) in [4.78, 5) is 0. The summed E-state index contributed by atoms with van der Waals surface area (Å²) in [5.74, 6) is 0. The standard InChI is InChI=1S/C42H46N2P2Si2/c1-31-27-29-37(47(3)4)41(43-45(33-19-11-7-12-20-33)34-21-13-8-14-22-34)39(31)40-32(2)28-30-38(48(5)6)42(40)44-46(35-23-15-9-16-24-35)36-25-17-10-18-26-36/h7-30,43-44,47-48H,1-6H3. The maximum Gasteiger partial charge on any atom is 0.0674 e. The molecule has 0 atom stereocenters. The summed E-state index contributed by atoms with van der Waals surface area (Å²) in [6, 6.07) is 53.6. The van der Waals surface area contributed by atoms with E-state index in [9.17, 15) is 0 Å². The van der Waals surface area contributed by atoms with E-state index < -0.39 is 33.7 Å². The monoisotopic (exact) mass is 696 g/mol. The van der Waals surface area contributed by atoms with Crippen molar-refractivity contribution in [3.05, 3.63) is 157 Å². The Morgan fingerprint density at radius 2 is 0.646 bits per heavy atom. The van der Waals surface area contributed by atoms with E-state index >= 15 is 0 Å². The summed E-state index contributed by atoms with van der Waals surface area (Å²) in [7, 11) is -4.18. The zero-order chi connectivity index (χ0) is 33.6. The lowest BCUT2D eigenvalue weighted by Gasteiger charge is -2.31. The van der Waals surface area contributed by atoms with Gasteiger partial charge in [-0.15, -0.1) is 0 Å². The first-order chi connectivity index (χ1) is 23.3. The van der Waals surface area contributed by atoms with Crippen molar-refractivity contribution < 1.29 is 0 Å². The van der Waals surface area contributed by atoms with E-state index in [0.717, 1.165) is 0 Å². The molecule has 0 heterocycles. The van der Waals surface area contributed by atoms with Gasteiger partial charge in [0, 0.05) is 43.7 Å². The highest BCUT2D eigenvalue weighted by molar-refractivity contribution is 7.74. The molecular formula is C42H46N2P2Si2. The van der Waals surface area contributed by atoms with Crippen molar-refractivity contribution in [3.8, 4) is 11.1 Å². The number of aryl methyl sites for hydroxylation is 2. The number of nitrogens with one attached hydrogen (secondary N) is 2. The second-order valence-corrected chi connectivity index (χ2v) is 22.7. The fourth-order valence-electron chi connectivity index (χ4n) is 6.38. The molecule has 0 amide bonds. The third kappa shape index (κ3) is 7.43. The summed E-state index contributed by atoms with van der Waals surface area (Å²) in [6.45, 7) is 14.4. The van der Waals surface area contributed by atoms with E-state index in [1.165, 1.54) is 65.2 Å². The highest BCUT2D eigenvalue weighted by Gasteiger charge is 2.27. The Bertz CT molecular complexity index is 1730. The van der Waals surface area contributed by atoms with Crippen LogP contribution in [0, 0.1) is 13.8 Å². The van der Waals surface area contributed by atoms with Gasteiger partial charge in [-0.05, 0) is 35.3 Å². The molecule has 0 bridgehead atoms. The van der Waals surface area contributed by atoms with Gasteiger partial charge in [0.05, 0.1) is 33.7 Å². The van der Waals surface area contributed by atoms with Gasteiger partial charge in [-0.3, -0.25) is 0 Å². The van der Waals surface area contributed by atoms with E-state index in [1.54, 1.807) is 0 Å². The fourth-order valence-corrected chi connectivity index (χ4v) is 13.1. The Morgan fingerprint density at radius 3 is 0.896 bits per heavy atom. The van der Waals surface area contributed by atoms with Crippen molar-refractivity contribution in [1.82, 2.24) is 0 Å². The third-order valence-electron chi connectivity index (χ3n) is 8.89. The van der Waals surface area contributed by atoms with Crippen molar-refractivity contribution in [1.29, 1.82) is 0 Å². The van der Waals surface area contributed by atoms with Crippen LogP contribution in [0.25, 0.3) is 11.1 Å². The molecule has 6 heteroatoms. The molecule has 0 radical (unpaired) electrons. The minimum atomic E-state index is -1.24. The number of hydrogen-bond acceptors (Lipinski definition) is 2. The van der Waals surface area contributed by atoms with Crippen LogP contribution in [-0.4, -0.2) is 17.6 Å². The van der Waals surface area contributed by atoms with E-state index in [1.807, 2.05) is 0 Å². The van der Waals surface area contributed by atoms with Gasteiger partial charge in [0.2, 0.25) is 0 Å². The molecule has 6 aromatic carbocycles. The molecule has 0 unspecified atom stereocenters. The van der Waals surface area contributed by atoms with Crippen molar-refractivity contribution in [2.24, 2.45) is 0 Å². The highest BCUT2D eigenvalue weighted by Crippen LogP contribution is 2.45. The molecule has 6 rings (SSSR count). The largest absolute Gasteiger partial charge is 0.357 e. The van der Waals surface area contributed by atoms with Crippen LogP contribution in [0.2, 0.25) is 26.2 Å². The maximum absolute atomic E-state index is 4.28. The quantitative estimate of drug-likeness (QED) is 0.105. The van der Waals surface area contributed by atoms with Gasteiger partial charge in [-0.1, -0.05) is 172 Å². The van der Waals surface area contributed by atoms with Gasteiger partial charge < -0.3 is 10.2 Å². The van der Waals surface area contributed by atoms with Crippen molar-refractivity contribution >= 4 is 76.7 Å². The number of benzene rings is 6. The smallest absolute Gasteiger partial charge is 0.0674 e. The molecule has 0 aliphatic heterocycles. The summed E-state index contributed by atoms with van der Waals surface area (Å²) in [5.41, 5.74) is 7.94. The lowest BCUT2D eigenvalue weighted by atomic mass is 9.93. The summed E-state index contributed by atoms with van der Waals surface area (Å²) in [5, 5.41) is 16.9. The molecule has 0 fully saturated rings. The number of hydrogen-bond donors (Lipinski definition) is 2. The van der Waals surface area contributed by atoms with Gasteiger partial charge in [0.15, 0.2) is 0 Å². The molecule has 0 saturated carbocycles. The van der Waals surface area contributed by atoms with E-state index in [2.05, 4.69) is 196 Å². The SMILES string of the molecule is Cc1ccc([SiH](C)C)c(NP(c2ccccc2)c2ccccc2)c1-c1c(C)ccc([SiH](C)C)c1NP(c1ccccc1)c1ccccc1. The second-order valence-electron chi connectivity index (χ2n) is 13.0. The first-order valence-corrected chi connectivity index (χ1v) is 25.4. The molecule has 2 nitrogen and oxygen atoms in total. The minimum Gasteiger partial charge on any atom is -0.357 e. The molecule has 242 valence electrons.